The molecule has 0 bridgehead atoms. The van der Waals surface area contributed by atoms with E-state index in [0.717, 1.165) is 4.42 Å². The third kappa shape index (κ3) is 2.99. The number of hydrogen-bond acceptors (Lipinski definition) is 3. The molecular weight excluding hydrogens is 333 g/mol. The second kappa shape index (κ2) is 4.95. The van der Waals surface area contributed by atoms with E-state index in [4.69, 9.17) is 0 Å². The van der Waals surface area contributed by atoms with Gasteiger partial charge in [-0.3, -0.25) is 0 Å². The van der Waals surface area contributed by atoms with Gasteiger partial charge in [-0.05, 0) is 0 Å². The number of hydrogen-bond donors (Lipinski definition) is 0. The van der Waals surface area contributed by atoms with Crippen LogP contribution < -0.4 is 8.58 Å². The molecule has 0 aliphatic rings. The topological polar surface area (TPSA) is 43.6 Å². The third-order valence-corrected chi connectivity index (χ3v) is 12.8. The molecule has 0 fully saturated rings. The van der Waals surface area contributed by atoms with Gasteiger partial charge < -0.3 is 0 Å². The molecule has 0 atom stereocenters. The monoisotopic (exact) mass is 345 g/mol. The van der Waals surface area contributed by atoms with Crippen molar-refractivity contribution in [3.8, 4) is 0 Å². The van der Waals surface area contributed by atoms with Crippen molar-refractivity contribution in [3.63, 3.8) is 0 Å². The standard InChI is InChI=1S/C6H5.C5H9N4.BrH.Zn/c1-2-4-6-5-3-1;1-5(2,3)9-7-4-6-8-9;;/h1-5H;1-3H3;1H;/q;;;+1/p-1. The van der Waals surface area contributed by atoms with Crippen molar-refractivity contribution in [2.24, 2.45) is 0 Å². The predicted molar refractivity (Wildman–Crippen MR) is 67.5 cm³/mol. The van der Waals surface area contributed by atoms with Crippen molar-refractivity contribution < 1.29 is 14.0 Å². The Labute approximate surface area is 113 Å². The molecule has 6 heteroatoms. The summed E-state index contributed by atoms with van der Waals surface area (Å²) in [7, 11) is 0. The van der Waals surface area contributed by atoms with Crippen LogP contribution in [0, 0.1) is 0 Å². The van der Waals surface area contributed by atoms with Crippen molar-refractivity contribution in [3.05, 3.63) is 30.3 Å². The predicted octanol–water partition coefficient (Wildman–Crippen LogP) is 1.31. The molecule has 0 aliphatic heterocycles. The Morgan fingerprint density at radius 3 is 2.35 bits per heavy atom. The van der Waals surface area contributed by atoms with E-state index >= 15 is 0 Å². The maximum atomic E-state index is 4.50. The van der Waals surface area contributed by atoms with Crippen LogP contribution in [-0.2, 0) is 19.5 Å². The molecule has 2 aromatic rings. The van der Waals surface area contributed by atoms with Gasteiger partial charge in [-0.1, -0.05) is 0 Å². The zero-order valence-electron chi connectivity index (χ0n) is 10.3. The van der Waals surface area contributed by atoms with Crippen molar-refractivity contribution in [2.45, 2.75) is 26.3 Å². The third-order valence-electron chi connectivity index (χ3n) is 2.53. The summed E-state index contributed by atoms with van der Waals surface area (Å²) in [5.41, 5.74) is -0.111. The van der Waals surface area contributed by atoms with E-state index in [-0.39, 0.29) is 5.54 Å². The van der Waals surface area contributed by atoms with Crippen LogP contribution >= 0.6 is 13.6 Å². The fourth-order valence-electron chi connectivity index (χ4n) is 1.52. The summed E-state index contributed by atoms with van der Waals surface area (Å²) in [5, 5.41) is 12.8. The molecule has 4 nitrogen and oxygen atoms in total. The molecule has 0 radical (unpaired) electrons. The molecule has 1 aromatic heterocycles. The number of aromatic nitrogens is 4. The van der Waals surface area contributed by atoms with Gasteiger partial charge in [0.05, 0.1) is 0 Å². The number of rotatable bonds is 2. The molecule has 87 valence electrons. The minimum atomic E-state index is -2.19. The fraction of sp³-hybridized carbons (Fsp3) is 0.364. The SMILES string of the molecule is CC(C)(C)n1nn[c]([Zn]([Br])[c]2ccccc2)n1. The first kappa shape index (κ1) is 12.8. The Balaban J connectivity index is 2.27. The molecule has 2 rings (SSSR count). The first-order valence-corrected chi connectivity index (χ1v) is 15.6. The van der Waals surface area contributed by atoms with Crippen molar-refractivity contribution in [1.82, 2.24) is 20.2 Å². The zero-order chi connectivity index (χ0) is 12.5. The van der Waals surface area contributed by atoms with Crippen LogP contribution in [-0.4, -0.2) is 20.2 Å². The summed E-state index contributed by atoms with van der Waals surface area (Å²) in [4.78, 5) is 1.69. The molecule has 0 amide bonds. The normalized spacial score (nSPS) is 11.5. The van der Waals surface area contributed by atoms with E-state index in [1.54, 1.807) is 4.80 Å². The van der Waals surface area contributed by atoms with Gasteiger partial charge >= 0.3 is 113 Å². The van der Waals surface area contributed by atoms with Crippen LogP contribution in [0.3, 0.4) is 0 Å². The van der Waals surface area contributed by atoms with E-state index in [2.05, 4.69) is 61.9 Å². The molecule has 0 spiro atoms. The van der Waals surface area contributed by atoms with Crippen LogP contribution in [0.25, 0.3) is 0 Å². The minimum absolute atomic E-state index is 0.111. The Hall–Kier alpha value is -0.607. The van der Waals surface area contributed by atoms with E-state index in [0.29, 0.717) is 0 Å². The van der Waals surface area contributed by atoms with Gasteiger partial charge in [0, 0.05) is 0 Å². The summed E-state index contributed by atoms with van der Waals surface area (Å²) < 4.78 is 2.23. The molecule has 1 heterocycles. The van der Waals surface area contributed by atoms with E-state index in [9.17, 15) is 0 Å². The van der Waals surface area contributed by atoms with Crippen molar-refractivity contribution in [2.75, 3.05) is 0 Å². The summed E-state index contributed by atoms with van der Waals surface area (Å²) in [6, 6.07) is 10.4. The first-order valence-electron chi connectivity index (χ1n) is 5.66. The van der Waals surface area contributed by atoms with Crippen LogP contribution in [0.4, 0.5) is 0 Å². The van der Waals surface area contributed by atoms with Crippen LogP contribution in [0.2, 0.25) is 0 Å². The molecule has 0 aliphatic carbocycles. The van der Waals surface area contributed by atoms with E-state index in [1.165, 1.54) is 4.16 Å². The molecule has 0 N–H and O–H groups in total. The molecule has 0 unspecified atom stereocenters. The van der Waals surface area contributed by atoms with Gasteiger partial charge in [0.2, 0.25) is 0 Å². The summed E-state index contributed by atoms with van der Waals surface area (Å²) in [6.07, 6.45) is 0. The second-order valence-corrected chi connectivity index (χ2v) is 15.8. The van der Waals surface area contributed by atoms with Crippen LogP contribution in [0.15, 0.2) is 30.3 Å². The Morgan fingerprint density at radius 1 is 1.18 bits per heavy atom. The molecule has 0 saturated heterocycles. The van der Waals surface area contributed by atoms with Gasteiger partial charge in [-0.15, -0.1) is 0 Å². The summed E-state index contributed by atoms with van der Waals surface area (Å²) in [5.74, 6) is 0. The van der Waals surface area contributed by atoms with Gasteiger partial charge in [0.25, 0.3) is 0 Å². The average Bonchev–Trinajstić information content (AvgIpc) is 2.78. The van der Waals surface area contributed by atoms with Gasteiger partial charge in [-0.25, -0.2) is 0 Å². The summed E-state index contributed by atoms with van der Waals surface area (Å²) >= 11 is 1.62. The van der Waals surface area contributed by atoms with Crippen molar-refractivity contribution >= 4 is 22.2 Å². The molecular formula is C11H14BrN4Zn. The Kier molecular flexibility index (Phi) is 3.74. The van der Waals surface area contributed by atoms with E-state index in [1.807, 2.05) is 18.2 Å². The van der Waals surface area contributed by atoms with Gasteiger partial charge in [0.15, 0.2) is 0 Å². The second-order valence-electron chi connectivity index (χ2n) is 5.10. The number of halogens is 1. The number of benzene rings is 1. The zero-order valence-corrected chi connectivity index (χ0v) is 14.8. The fourth-order valence-corrected chi connectivity index (χ4v) is 7.77. The first-order chi connectivity index (χ1) is 7.98. The summed E-state index contributed by atoms with van der Waals surface area (Å²) in [6.45, 7) is 6.21. The molecule has 17 heavy (non-hydrogen) atoms. The average molecular weight is 348 g/mol. The van der Waals surface area contributed by atoms with Crippen LogP contribution in [0.5, 0.6) is 0 Å². The molecule has 0 saturated carbocycles. The Morgan fingerprint density at radius 2 is 1.82 bits per heavy atom. The van der Waals surface area contributed by atoms with Gasteiger partial charge in [-0.2, -0.15) is 0 Å². The maximum absolute atomic E-state index is 4.50. The molecule has 1 aromatic carbocycles. The van der Waals surface area contributed by atoms with Crippen LogP contribution in [0.1, 0.15) is 20.8 Å². The Bertz CT molecular complexity index is 492. The quantitative estimate of drug-likeness (QED) is 0.770. The van der Waals surface area contributed by atoms with E-state index < -0.39 is 14.0 Å². The van der Waals surface area contributed by atoms with Crippen molar-refractivity contribution in [1.29, 1.82) is 0 Å². The van der Waals surface area contributed by atoms with Gasteiger partial charge in [0.1, 0.15) is 0 Å². The number of nitrogens with zero attached hydrogens (tertiary/aromatic N) is 4. The number of tetrazole rings is 1.